The van der Waals surface area contributed by atoms with Crippen LogP contribution in [-0.2, 0) is 32.6 Å². The number of halogens is 3. The number of hydrogen-bond acceptors (Lipinski definition) is 6. The summed E-state index contributed by atoms with van der Waals surface area (Å²) in [6, 6.07) is 21.7. The molecule has 4 aromatic rings. The zero-order valence-electron chi connectivity index (χ0n) is 24.7. The molecule has 1 N–H and O–H groups in total. The van der Waals surface area contributed by atoms with Crippen molar-refractivity contribution in [1.82, 2.24) is 10.2 Å². The highest BCUT2D eigenvalue weighted by atomic mass is 35.5. The number of carbonyl (C=O) groups excluding carboxylic acids is 2. The number of fused-ring (bicyclic) bond motifs is 1. The van der Waals surface area contributed by atoms with Gasteiger partial charge in [-0.15, -0.1) is 0 Å². The molecule has 1 aliphatic rings. The molecule has 240 valence electrons. The van der Waals surface area contributed by atoms with Gasteiger partial charge < -0.3 is 19.7 Å². The molecule has 4 aromatic carbocycles. The average molecular weight is 687 g/mol. The van der Waals surface area contributed by atoms with E-state index in [0.717, 1.165) is 22.0 Å². The van der Waals surface area contributed by atoms with Crippen molar-refractivity contribution in [1.29, 1.82) is 0 Å². The Kier molecular flexibility index (Phi) is 10.4. The van der Waals surface area contributed by atoms with E-state index in [4.69, 9.17) is 32.7 Å². The van der Waals surface area contributed by atoms with Crippen molar-refractivity contribution in [3.05, 3.63) is 118 Å². The topological polar surface area (TPSA) is 105 Å². The molecule has 0 unspecified atom stereocenters. The third kappa shape index (κ3) is 7.38. The molecule has 9 nitrogen and oxygen atoms in total. The summed E-state index contributed by atoms with van der Waals surface area (Å²) in [5, 5.41) is 3.14. The molecule has 5 rings (SSSR count). The highest BCUT2D eigenvalue weighted by Crippen LogP contribution is 2.35. The van der Waals surface area contributed by atoms with Gasteiger partial charge in [-0.2, -0.15) is 0 Å². The van der Waals surface area contributed by atoms with E-state index in [9.17, 15) is 22.4 Å². The van der Waals surface area contributed by atoms with E-state index in [1.54, 1.807) is 18.2 Å². The first-order valence-corrected chi connectivity index (χ1v) is 16.4. The minimum Gasteiger partial charge on any atom is -0.486 e. The van der Waals surface area contributed by atoms with E-state index in [-0.39, 0.29) is 46.0 Å². The summed E-state index contributed by atoms with van der Waals surface area (Å²) >= 11 is 13.0. The first-order chi connectivity index (χ1) is 22.1. The summed E-state index contributed by atoms with van der Waals surface area (Å²) in [6.45, 7) is -0.398. The minimum atomic E-state index is -4.45. The Morgan fingerprint density at radius 2 is 1.54 bits per heavy atom. The third-order valence-electron chi connectivity index (χ3n) is 7.40. The van der Waals surface area contributed by atoms with Crippen molar-refractivity contribution in [2.45, 2.75) is 23.9 Å². The van der Waals surface area contributed by atoms with Gasteiger partial charge in [0, 0.05) is 41.7 Å². The number of rotatable bonds is 11. The fraction of sp³-hybridized carbons (Fsp3) is 0.212. The number of carbonyl (C=O) groups is 2. The molecule has 1 aliphatic heterocycles. The number of nitrogens with one attached hydrogen (secondary N) is 1. The third-order valence-corrected chi connectivity index (χ3v) is 9.88. The van der Waals surface area contributed by atoms with Crippen LogP contribution in [0.2, 0.25) is 10.0 Å². The second-order valence-electron chi connectivity index (χ2n) is 10.3. The van der Waals surface area contributed by atoms with Gasteiger partial charge in [0.1, 0.15) is 31.6 Å². The van der Waals surface area contributed by atoms with E-state index in [1.165, 1.54) is 42.3 Å². The lowest BCUT2D eigenvalue weighted by Gasteiger charge is -2.34. The average Bonchev–Trinajstić information content (AvgIpc) is 3.06. The Morgan fingerprint density at radius 3 is 2.20 bits per heavy atom. The standard InChI is InChI=1S/C33H30Cl2FN3O6S/c1-37-33(41)29(18-22-6-3-2-4-7-22)38(20-26-27(34)8-5-9-28(26)35)32(40)21-39(24-12-10-23(36)11-13-24)46(42,43)25-14-15-30-31(19-25)45-17-16-44-30/h2-15,19,29H,16-18,20-21H2,1H3,(H,37,41)/t29-/m1/s1. The van der Waals surface area contributed by atoms with E-state index in [0.29, 0.717) is 17.9 Å². The largest absolute Gasteiger partial charge is 0.486 e. The molecule has 0 saturated heterocycles. The quantitative estimate of drug-likeness (QED) is 0.224. The van der Waals surface area contributed by atoms with Crippen LogP contribution in [0.3, 0.4) is 0 Å². The van der Waals surface area contributed by atoms with Gasteiger partial charge in [-0.1, -0.05) is 59.6 Å². The Hall–Kier alpha value is -4.32. The van der Waals surface area contributed by atoms with Gasteiger partial charge in [0.05, 0.1) is 10.6 Å². The van der Waals surface area contributed by atoms with Crippen LogP contribution in [0.25, 0.3) is 0 Å². The minimum absolute atomic E-state index is 0.0277. The van der Waals surface area contributed by atoms with Gasteiger partial charge in [0.25, 0.3) is 10.0 Å². The number of benzene rings is 4. The molecule has 46 heavy (non-hydrogen) atoms. The predicted octanol–water partition coefficient (Wildman–Crippen LogP) is 5.49. The zero-order valence-corrected chi connectivity index (χ0v) is 27.0. The lowest BCUT2D eigenvalue weighted by atomic mass is 10.0. The van der Waals surface area contributed by atoms with Crippen LogP contribution < -0.4 is 19.1 Å². The number of ether oxygens (including phenoxy) is 2. The molecule has 0 aromatic heterocycles. The van der Waals surface area contributed by atoms with Crippen LogP contribution in [0.1, 0.15) is 11.1 Å². The molecule has 0 radical (unpaired) electrons. The summed E-state index contributed by atoms with van der Waals surface area (Å²) in [7, 11) is -3.01. The lowest BCUT2D eigenvalue weighted by molar-refractivity contribution is -0.139. The maximum Gasteiger partial charge on any atom is 0.264 e. The number of sulfonamides is 1. The van der Waals surface area contributed by atoms with Gasteiger partial charge in [0.15, 0.2) is 11.5 Å². The SMILES string of the molecule is CNC(=O)[C@@H](Cc1ccccc1)N(Cc1c(Cl)cccc1Cl)C(=O)CN(c1ccc(F)cc1)S(=O)(=O)c1ccc2c(c1)OCCO2. The molecule has 1 heterocycles. The summed E-state index contributed by atoms with van der Waals surface area (Å²) in [5.74, 6) is -1.19. The van der Waals surface area contributed by atoms with Crippen molar-refractivity contribution in [2.75, 3.05) is 31.1 Å². The van der Waals surface area contributed by atoms with Crippen molar-refractivity contribution in [3.8, 4) is 11.5 Å². The molecule has 0 aliphatic carbocycles. The van der Waals surface area contributed by atoms with Gasteiger partial charge in [-0.25, -0.2) is 12.8 Å². The van der Waals surface area contributed by atoms with Crippen molar-refractivity contribution in [2.24, 2.45) is 0 Å². The van der Waals surface area contributed by atoms with E-state index < -0.39 is 40.2 Å². The summed E-state index contributed by atoms with van der Waals surface area (Å²) in [6.07, 6.45) is 0.111. The first-order valence-electron chi connectivity index (χ1n) is 14.2. The maximum atomic E-state index is 14.4. The second-order valence-corrected chi connectivity index (χ2v) is 13.0. The molecule has 0 spiro atoms. The molecular weight excluding hydrogens is 656 g/mol. The van der Waals surface area contributed by atoms with Crippen LogP contribution in [0, 0.1) is 5.82 Å². The van der Waals surface area contributed by atoms with Crippen molar-refractivity contribution >= 4 is 50.7 Å². The molecular formula is C33H30Cl2FN3O6S. The highest BCUT2D eigenvalue weighted by Gasteiger charge is 2.35. The van der Waals surface area contributed by atoms with Crippen LogP contribution in [-0.4, -0.2) is 58.0 Å². The predicted molar refractivity (Wildman–Crippen MR) is 173 cm³/mol. The second kappa shape index (κ2) is 14.4. The molecule has 0 fully saturated rings. The molecule has 0 saturated carbocycles. The number of anilines is 1. The molecule has 1 atom stereocenters. The fourth-order valence-electron chi connectivity index (χ4n) is 5.02. The Morgan fingerprint density at radius 1 is 0.891 bits per heavy atom. The van der Waals surface area contributed by atoms with E-state index >= 15 is 0 Å². The molecule has 13 heteroatoms. The van der Waals surface area contributed by atoms with Gasteiger partial charge in [-0.3, -0.25) is 13.9 Å². The van der Waals surface area contributed by atoms with Gasteiger partial charge in [-0.05, 0) is 54.1 Å². The van der Waals surface area contributed by atoms with Crippen LogP contribution in [0.15, 0.2) is 95.9 Å². The van der Waals surface area contributed by atoms with Crippen LogP contribution in [0.4, 0.5) is 10.1 Å². The lowest BCUT2D eigenvalue weighted by Crippen LogP contribution is -2.53. The fourth-order valence-corrected chi connectivity index (χ4v) is 6.97. The van der Waals surface area contributed by atoms with Crippen molar-refractivity contribution in [3.63, 3.8) is 0 Å². The summed E-state index contributed by atoms with van der Waals surface area (Å²) < 4.78 is 54.4. The zero-order chi connectivity index (χ0) is 32.8. The van der Waals surface area contributed by atoms with E-state index in [1.807, 2.05) is 30.3 Å². The maximum absolute atomic E-state index is 14.4. The van der Waals surface area contributed by atoms with Crippen molar-refractivity contribution < 1.29 is 31.9 Å². The number of hydrogen-bond donors (Lipinski definition) is 1. The van der Waals surface area contributed by atoms with E-state index in [2.05, 4.69) is 5.32 Å². The Labute approximate surface area is 276 Å². The summed E-state index contributed by atoms with van der Waals surface area (Å²) in [5.41, 5.74) is 1.17. The Balaban J connectivity index is 1.58. The van der Waals surface area contributed by atoms with Gasteiger partial charge >= 0.3 is 0 Å². The van der Waals surface area contributed by atoms with Crippen LogP contribution in [0.5, 0.6) is 11.5 Å². The van der Waals surface area contributed by atoms with Crippen LogP contribution >= 0.6 is 23.2 Å². The smallest absolute Gasteiger partial charge is 0.264 e. The molecule has 2 amide bonds. The highest BCUT2D eigenvalue weighted by molar-refractivity contribution is 7.92. The number of amides is 2. The number of nitrogens with zero attached hydrogens (tertiary/aromatic N) is 2. The summed E-state index contributed by atoms with van der Waals surface area (Å²) in [4.78, 5) is 28.9. The normalized spacial score (nSPS) is 13.0. The number of likely N-dealkylation sites (N-methyl/N-ethyl adjacent to an activating group) is 1. The Bertz CT molecular complexity index is 1810. The monoisotopic (exact) mass is 685 g/mol. The first kappa shape index (κ1) is 33.1. The van der Waals surface area contributed by atoms with Gasteiger partial charge in [0.2, 0.25) is 11.8 Å². The molecule has 0 bridgehead atoms.